The molecule has 3 N–H and O–H groups in total. The molecule has 1 aromatic rings. The number of alkyl halides is 3. The summed E-state index contributed by atoms with van der Waals surface area (Å²) in [5, 5.41) is 0. The average molecular weight is 326 g/mol. The first-order valence-electron chi connectivity index (χ1n) is 5.58. The molecule has 0 heterocycles. The molecule has 0 aliphatic carbocycles. The van der Waals surface area contributed by atoms with E-state index >= 15 is 0 Å². The van der Waals surface area contributed by atoms with E-state index in [2.05, 4.69) is 4.72 Å². The van der Waals surface area contributed by atoms with Crippen molar-refractivity contribution in [2.45, 2.75) is 23.9 Å². The second-order valence-electron chi connectivity index (χ2n) is 4.01. The molecule has 0 unspecified atom stereocenters. The Morgan fingerprint density at radius 1 is 1.35 bits per heavy atom. The van der Waals surface area contributed by atoms with Gasteiger partial charge in [-0.3, -0.25) is 0 Å². The van der Waals surface area contributed by atoms with Gasteiger partial charge in [-0.15, -0.1) is 0 Å². The summed E-state index contributed by atoms with van der Waals surface area (Å²) in [6, 6.07) is 5.59. The molecule has 0 aliphatic heterocycles. The van der Waals surface area contributed by atoms with E-state index in [0.29, 0.717) is 5.56 Å². The molecule has 20 heavy (non-hydrogen) atoms. The molecule has 112 valence electrons. The van der Waals surface area contributed by atoms with E-state index in [1.54, 1.807) is 6.07 Å². The van der Waals surface area contributed by atoms with Crippen molar-refractivity contribution in [1.82, 2.24) is 4.72 Å². The molecule has 0 spiro atoms. The van der Waals surface area contributed by atoms with Crippen LogP contribution in [0, 0.1) is 0 Å². The monoisotopic (exact) mass is 326 g/mol. The molecule has 0 fully saturated rings. The zero-order valence-corrected chi connectivity index (χ0v) is 11.9. The van der Waals surface area contributed by atoms with Gasteiger partial charge in [0.05, 0.1) is 4.90 Å². The number of hydrogen-bond acceptors (Lipinski definition) is 3. The van der Waals surface area contributed by atoms with Gasteiger partial charge in [0.15, 0.2) is 0 Å². The highest BCUT2D eigenvalue weighted by Crippen LogP contribution is 2.21. The largest absolute Gasteiger partial charge is 0.389 e. The normalized spacial score (nSPS) is 12.3. The Bertz CT molecular complexity index is 586. The molecule has 0 saturated carbocycles. The number of thiocarbonyl (C=S) groups is 1. The Kier molecular flexibility index (Phi) is 5.49. The first-order chi connectivity index (χ1) is 9.12. The Labute approximate surface area is 120 Å². The van der Waals surface area contributed by atoms with Gasteiger partial charge in [0, 0.05) is 18.5 Å². The molecule has 0 saturated heterocycles. The molecule has 0 radical (unpaired) electrons. The number of halogens is 3. The SMILES string of the molecule is NC(=S)c1cccc(S(=O)(=O)NCCCC(F)(F)F)c1. The number of sulfonamides is 1. The molecule has 0 atom stereocenters. The van der Waals surface area contributed by atoms with Gasteiger partial charge in [-0.25, -0.2) is 13.1 Å². The Morgan fingerprint density at radius 2 is 2.00 bits per heavy atom. The first-order valence-corrected chi connectivity index (χ1v) is 7.47. The van der Waals surface area contributed by atoms with Gasteiger partial charge in [0.1, 0.15) is 4.99 Å². The molecule has 0 bridgehead atoms. The van der Waals surface area contributed by atoms with Gasteiger partial charge >= 0.3 is 6.18 Å². The van der Waals surface area contributed by atoms with E-state index in [1.807, 2.05) is 0 Å². The molecule has 1 aromatic carbocycles. The molecule has 4 nitrogen and oxygen atoms in total. The third-order valence-corrected chi connectivity index (χ3v) is 4.05. The predicted octanol–water partition coefficient (Wildman–Crippen LogP) is 1.94. The van der Waals surface area contributed by atoms with Crippen molar-refractivity contribution in [3.63, 3.8) is 0 Å². The summed E-state index contributed by atoms with van der Waals surface area (Å²) in [5.74, 6) is 0. The van der Waals surface area contributed by atoms with Gasteiger partial charge < -0.3 is 5.73 Å². The first kappa shape index (κ1) is 16.9. The van der Waals surface area contributed by atoms with Crippen molar-refractivity contribution in [2.24, 2.45) is 5.73 Å². The molecule has 9 heteroatoms. The van der Waals surface area contributed by atoms with Crippen LogP contribution in [-0.4, -0.2) is 26.1 Å². The van der Waals surface area contributed by atoms with Crippen molar-refractivity contribution in [1.29, 1.82) is 0 Å². The molecular weight excluding hydrogens is 313 g/mol. The number of rotatable bonds is 6. The summed E-state index contributed by atoms with van der Waals surface area (Å²) in [4.78, 5) is -0.0473. The van der Waals surface area contributed by atoms with Gasteiger partial charge in [0.2, 0.25) is 10.0 Å². The number of hydrogen-bond donors (Lipinski definition) is 2. The zero-order valence-electron chi connectivity index (χ0n) is 10.3. The average Bonchev–Trinajstić information content (AvgIpc) is 2.34. The minimum absolute atomic E-state index is 0.0409. The Hall–Kier alpha value is -1.19. The highest BCUT2D eigenvalue weighted by molar-refractivity contribution is 7.89. The van der Waals surface area contributed by atoms with E-state index in [0.717, 1.165) is 0 Å². The van der Waals surface area contributed by atoms with Gasteiger partial charge in [-0.2, -0.15) is 13.2 Å². The standard InChI is InChI=1S/C11H13F3N2O2S2/c12-11(13,14)5-2-6-16-20(17,18)9-4-1-3-8(7-9)10(15)19/h1,3-4,7,16H,2,5-6H2,(H2,15,19). The lowest BCUT2D eigenvalue weighted by Crippen LogP contribution is -2.26. The summed E-state index contributed by atoms with van der Waals surface area (Å²) < 4.78 is 61.6. The summed E-state index contributed by atoms with van der Waals surface area (Å²) in [7, 11) is -3.87. The topological polar surface area (TPSA) is 72.2 Å². The summed E-state index contributed by atoms with van der Waals surface area (Å²) in [6.07, 6.45) is -5.66. The lowest BCUT2D eigenvalue weighted by atomic mass is 10.2. The van der Waals surface area contributed by atoms with Crippen molar-refractivity contribution in [2.75, 3.05) is 6.54 Å². The van der Waals surface area contributed by atoms with Crippen molar-refractivity contribution in [3.05, 3.63) is 29.8 Å². The molecule has 0 aromatic heterocycles. The minimum Gasteiger partial charge on any atom is -0.389 e. The lowest BCUT2D eigenvalue weighted by Gasteiger charge is -2.09. The minimum atomic E-state index is -4.29. The van der Waals surface area contributed by atoms with Crippen LogP contribution in [-0.2, 0) is 10.0 Å². The maximum atomic E-state index is 11.9. The number of nitrogens with two attached hydrogens (primary N) is 1. The van der Waals surface area contributed by atoms with Crippen LogP contribution >= 0.6 is 12.2 Å². The van der Waals surface area contributed by atoms with E-state index in [-0.39, 0.29) is 22.8 Å². The van der Waals surface area contributed by atoms with Crippen LogP contribution in [0.2, 0.25) is 0 Å². The number of benzene rings is 1. The second kappa shape index (κ2) is 6.51. The zero-order chi connectivity index (χ0) is 15.4. The Balaban J connectivity index is 2.70. The number of nitrogens with one attached hydrogen (secondary N) is 1. The van der Waals surface area contributed by atoms with Crippen LogP contribution in [0.1, 0.15) is 18.4 Å². The van der Waals surface area contributed by atoms with E-state index in [4.69, 9.17) is 18.0 Å². The molecule has 1 rings (SSSR count). The van der Waals surface area contributed by atoms with Crippen molar-refractivity contribution in [3.8, 4) is 0 Å². The maximum absolute atomic E-state index is 11.9. The molecule has 0 amide bonds. The fraction of sp³-hybridized carbons (Fsp3) is 0.364. The highest BCUT2D eigenvalue weighted by Gasteiger charge is 2.26. The lowest BCUT2D eigenvalue weighted by molar-refractivity contribution is -0.135. The van der Waals surface area contributed by atoms with Gasteiger partial charge in [0.25, 0.3) is 0 Å². The molecule has 0 aliphatic rings. The van der Waals surface area contributed by atoms with Crippen LogP contribution in [0.5, 0.6) is 0 Å². The Morgan fingerprint density at radius 3 is 2.55 bits per heavy atom. The fourth-order valence-corrected chi connectivity index (χ4v) is 2.64. The van der Waals surface area contributed by atoms with Gasteiger partial charge in [-0.1, -0.05) is 24.4 Å². The summed E-state index contributed by atoms with van der Waals surface area (Å²) in [6.45, 7) is -0.293. The van der Waals surface area contributed by atoms with E-state index < -0.39 is 22.6 Å². The quantitative estimate of drug-likeness (QED) is 0.619. The van der Waals surface area contributed by atoms with Crippen LogP contribution in [0.25, 0.3) is 0 Å². The van der Waals surface area contributed by atoms with Crippen LogP contribution in [0.15, 0.2) is 29.2 Å². The van der Waals surface area contributed by atoms with Crippen LogP contribution in [0.3, 0.4) is 0 Å². The van der Waals surface area contributed by atoms with Crippen LogP contribution < -0.4 is 10.5 Å². The van der Waals surface area contributed by atoms with Gasteiger partial charge in [-0.05, 0) is 18.6 Å². The van der Waals surface area contributed by atoms with E-state index in [9.17, 15) is 21.6 Å². The highest BCUT2D eigenvalue weighted by atomic mass is 32.2. The predicted molar refractivity (Wildman–Crippen MR) is 72.8 cm³/mol. The third-order valence-electron chi connectivity index (χ3n) is 2.36. The van der Waals surface area contributed by atoms with Crippen molar-refractivity contribution < 1.29 is 21.6 Å². The molecular formula is C11H13F3N2O2S2. The smallest absolute Gasteiger partial charge is 0.389 e. The third kappa shape index (κ3) is 5.43. The maximum Gasteiger partial charge on any atom is 0.389 e. The summed E-state index contributed by atoms with van der Waals surface area (Å²) >= 11 is 4.73. The second-order valence-corrected chi connectivity index (χ2v) is 6.22. The van der Waals surface area contributed by atoms with E-state index in [1.165, 1.54) is 18.2 Å². The van der Waals surface area contributed by atoms with Crippen LogP contribution in [0.4, 0.5) is 13.2 Å². The van der Waals surface area contributed by atoms with Crippen molar-refractivity contribution >= 4 is 27.2 Å². The fourth-order valence-electron chi connectivity index (χ4n) is 1.40. The summed E-state index contributed by atoms with van der Waals surface area (Å²) in [5.41, 5.74) is 5.76.